The molecule has 0 radical (unpaired) electrons. The lowest BCUT2D eigenvalue weighted by Crippen LogP contribution is -2.20. The molecule has 0 fully saturated rings. The fourth-order valence-corrected chi connectivity index (χ4v) is 1.46. The lowest BCUT2D eigenvalue weighted by Gasteiger charge is -1.99. The van der Waals surface area contributed by atoms with Crippen LogP contribution in [0.3, 0.4) is 0 Å². The summed E-state index contributed by atoms with van der Waals surface area (Å²) < 4.78 is 0. The predicted octanol–water partition coefficient (Wildman–Crippen LogP) is 0.0606. The van der Waals surface area contributed by atoms with E-state index >= 15 is 0 Å². The predicted molar refractivity (Wildman–Crippen MR) is 49.3 cm³/mol. The van der Waals surface area contributed by atoms with E-state index in [1.807, 2.05) is 5.32 Å². The molecule has 0 aliphatic carbocycles. The largest absolute Gasteiger partial charge is 0.398 e. The molecule has 7 nitrogen and oxygen atoms in total. The topological polar surface area (TPSA) is 115 Å². The molecule has 1 heterocycles. The van der Waals surface area contributed by atoms with Crippen molar-refractivity contribution in [2.75, 3.05) is 5.73 Å². The van der Waals surface area contributed by atoms with Gasteiger partial charge in [0, 0.05) is 11.8 Å². The number of nitrogens with one attached hydrogen (secondary N) is 1. The Morgan fingerprint density at radius 1 is 1.20 bits per heavy atom. The van der Waals surface area contributed by atoms with Crippen molar-refractivity contribution >= 4 is 23.2 Å². The number of hydrogen-bond acceptors (Lipinski definition) is 5. The number of nitrogens with two attached hydrogens (primary N) is 1. The van der Waals surface area contributed by atoms with E-state index < -0.39 is 22.4 Å². The van der Waals surface area contributed by atoms with Gasteiger partial charge in [-0.1, -0.05) is 0 Å². The van der Waals surface area contributed by atoms with E-state index in [0.717, 1.165) is 6.07 Å². The Balaban J connectivity index is 2.81. The summed E-state index contributed by atoms with van der Waals surface area (Å²) in [6.45, 7) is 0. The molecule has 0 saturated heterocycles. The van der Waals surface area contributed by atoms with Crippen molar-refractivity contribution < 1.29 is 14.5 Å². The molecule has 2 amide bonds. The number of imide groups is 1. The third-order valence-corrected chi connectivity index (χ3v) is 2.09. The highest BCUT2D eigenvalue weighted by Gasteiger charge is 2.36. The summed E-state index contributed by atoms with van der Waals surface area (Å²) >= 11 is 0. The summed E-state index contributed by atoms with van der Waals surface area (Å²) in [4.78, 5) is 32.4. The maximum absolute atomic E-state index is 11.3. The molecule has 15 heavy (non-hydrogen) atoms. The van der Waals surface area contributed by atoms with Crippen LogP contribution in [0.4, 0.5) is 11.4 Å². The SMILES string of the molecule is Nc1ccc([N+](=O)[O-])c2c1C(=O)NC2=O. The Labute approximate surface area is 83.0 Å². The Morgan fingerprint density at radius 3 is 2.40 bits per heavy atom. The van der Waals surface area contributed by atoms with Crippen LogP contribution in [-0.4, -0.2) is 16.7 Å². The Kier molecular flexibility index (Phi) is 1.69. The standard InChI is InChI=1S/C8H5N3O4/c9-3-1-2-4(11(14)15)6-5(3)7(12)10-8(6)13/h1-2H,9H2,(H,10,12,13). The molecular weight excluding hydrogens is 202 g/mol. The molecule has 1 aliphatic heterocycles. The van der Waals surface area contributed by atoms with Crippen LogP contribution in [-0.2, 0) is 0 Å². The zero-order valence-corrected chi connectivity index (χ0v) is 7.31. The zero-order chi connectivity index (χ0) is 11.2. The molecule has 0 saturated carbocycles. The maximum Gasteiger partial charge on any atom is 0.283 e. The van der Waals surface area contributed by atoms with Gasteiger partial charge in [-0.05, 0) is 6.07 Å². The van der Waals surface area contributed by atoms with Crippen LogP contribution < -0.4 is 11.1 Å². The van der Waals surface area contributed by atoms with Gasteiger partial charge < -0.3 is 5.73 Å². The summed E-state index contributed by atoms with van der Waals surface area (Å²) in [5.41, 5.74) is 4.72. The van der Waals surface area contributed by atoms with E-state index in [4.69, 9.17) is 5.73 Å². The normalized spacial score (nSPS) is 13.6. The van der Waals surface area contributed by atoms with Gasteiger partial charge in [0.15, 0.2) is 0 Å². The van der Waals surface area contributed by atoms with Crippen molar-refractivity contribution in [2.24, 2.45) is 0 Å². The highest BCUT2D eigenvalue weighted by Crippen LogP contribution is 2.30. The first-order valence-electron chi connectivity index (χ1n) is 3.95. The molecule has 0 bridgehead atoms. The monoisotopic (exact) mass is 207 g/mol. The van der Waals surface area contributed by atoms with E-state index in [-0.39, 0.29) is 16.8 Å². The Morgan fingerprint density at radius 2 is 1.80 bits per heavy atom. The van der Waals surface area contributed by atoms with Crippen LogP contribution in [0.25, 0.3) is 0 Å². The third-order valence-electron chi connectivity index (χ3n) is 2.09. The Hall–Kier alpha value is -2.44. The van der Waals surface area contributed by atoms with Crippen LogP contribution in [0.5, 0.6) is 0 Å². The highest BCUT2D eigenvalue weighted by molar-refractivity contribution is 6.25. The number of anilines is 1. The molecule has 0 aromatic heterocycles. The smallest absolute Gasteiger partial charge is 0.283 e. The molecular formula is C8H5N3O4. The molecule has 1 aromatic carbocycles. The minimum absolute atomic E-state index is 0.0546. The lowest BCUT2D eigenvalue weighted by molar-refractivity contribution is -0.385. The minimum Gasteiger partial charge on any atom is -0.398 e. The molecule has 76 valence electrons. The van der Waals surface area contributed by atoms with Gasteiger partial charge >= 0.3 is 0 Å². The lowest BCUT2D eigenvalue weighted by atomic mass is 10.1. The number of nitro benzene ring substituents is 1. The molecule has 0 unspecified atom stereocenters. The molecule has 1 aromatic rings. The summed E-state index contributed by atoms with van der Waals surface area (Å²) in [5.74, 6) is -1.48. The van der Waals surface area contributed by atoms with Crippen molar-refractivity contribution in [2.45, 2.75) is 0 Å². The van der Waals surface area contributed by atoms with E-state index in [9.17, 15) is 19.7 Å². The summed E-state index contributed by atoms with van der Waals surface area (Å²) in [7, 11) is 0. The van der Waals surface area contributed by atoms with Gasteiger partial charge in [-0.2, -0.15) is 0 Å². The van der Waals surface area contributed by atoms with Gasteiger partial charge in [0.1, 0.15) is 5.56 Å². The molecule has 3 N–H and O–H groups in total. The summed E-state index contributed by atoms with van der Waals surface area (Å²) in [5, 5.41) is 12.6. The molecule has 7 heteroatoms. The van der Waals surface area contributed by atoms with Crippen molar-refractivity contribution in [1.82, 2.24) is 5.32 Å². The number of fused-ring (bicyclic) bond motifs is 1. The first-order valence-corrected chi connectivity index (χ1v) is 3.95. The van der Waals surface area contributed by atoms with Crippen LogP contribution in [0, 0.1) is 10.1 Å². The third kappa shape index (κ3) is 1.13. The van der Waals surface area contributed by atoms with Gasteiger partial charge in [-0.15, -0.1) is 0 Å². The fourth-order valence-electron chi connectivity index (χ4n) is 1.46. The first-order chi connectivity index (χ1) is 7.02. The summed E-state index contributed by atoms with van der Waals surface area (Å²) in [6.07, 6.45) is 0. The average molecular weight is 207 g/mol. The molecule has 0 atom stereocenters. The average Bonchev–Trinajstić information content (AvgIpc) is 2.43. The number of amides is 2. The quantitative estimate of drug-likeness (QED) is 0.292. The molecule has 0 spiro atoms. The van der Waals surface area contributed by atoms with Crippen molar-refractivity contribution in [1.29, 1.82) is 0 Å². The second kappa shape index (κ2) is 2.77. The van der Waals surface area contributed by atoms with Crippen LogP contribution in [0.1, 0.15) is 20.7 Å². The van der Waals surface area contributed by atoms with Gasteiger partial charge in [-0.25, -0.2) is 0 Å². The highest BCUT2D eigenvalue weighted by atomic mass is 16.6. The van der Waals surface area contributed by atoms with Crippen molar-refractivity contribution in [3.63, 3.8) is 0 Å². The molecule has 1 aliphatic rings. The number of nitro groups is 1. The van der Waals surface area contributed by atoms with Gasteiger partial charge in [0.05, 0.1) is 10.5 Å². The number of carbonyl (C=O) groups is 2. The maximum atomic E-state index is 11.3. The number of benzene rings is 1. The number of nitrogen functional groups attached to an aromatic ring is 1. The second-order valence-electron chi connectivity index (χ2n) is 2.96. The van der Waals surface area contributed by atoms with E-state index in [2.05, 4.69) is 0 Å². The zero-order valence-electron chi connectivity index (χ0n) is 7.31. The Bertz CT molecular complexity index is 509. The first kappa shape index (κ1) is 9.13. The van der Waals surface area contributed by atoms with E-state index in [1.165, 1.54) is 6.07 Å². The van der Waals surface area contributed by atoms with Gasteiger partial charge in [0.25, 0.3) is 17.5 Å². The van der Waals surface area contributed by atoms with Gasteiger partial charge in [0.2, 0.25) is 0 Å². The van der Waals surface area contributed by atoms with Crippen molar-refractivity contribution in [3.05, 3.63) is 33.4 Å². The number of hydrogen-bond donors (Lipinski definition) is 2. The second-order valence-corrected chi connectivity index (χ2v) is 2.96. The molecule has 2 rings (SSSR count). The number of nitrogens with zero attached hydrogens (tertiary/aromatic N) is 1. The fraction of sp³-hybridized carbons (Fsp3) is 0. The van der Waals surface area contributed by atoms with Crippen LogP contribution >= 0.6 is 0 Å². The van der Waals surface area contributed by atoms with E-state index in [0.29, 0.717) is 0 Å². The van der Waals surface area contributed by atoms with Crippen molar-refractivity contribution in [3.8, 4) is 0 Å². The number of carbonyl (C=O) groups excluding carboxylic acids is 2. The van der Waals surface area contributed by atoms with Crippen LogP contribution in [0.2, 0.25) is 0 Å². The number of rotatable bonds is 1. The summed E-state index contributed by atoms with van der Waals surface area (Å²) in [6, 6.07) is 2.33. The van der Waals surface area contributed by atoms with E-state index in [1.54, 1.807) is 0 Å². The van der Waals surface area contributed by atoms with Crippen LogP contribution in [0.15, 0.2) is 12.1 Å². The minimum atomic E-state index is -0.783. The van der Waals surface area contributed by atoms with Gasteiger partial charge in [-0.3, -0.25) is 25.0 Å².